The van der Waals surface area contributed by atoms with E-state index in [0.717, 1.165) is 17.2 Å². The van der Waals surface area contributed by atoms with E-state index in [1.165, 1.54) is 18.2 Å². The molecule has 0 atom stereocenters. The number of hydrogen-bond acceptors (Lipinski definition) is 3. The van der Waals surface area contributed by atoms with Gasteiger partial charge in [-0.15, -0.1) is 10.2 Å². The van der Waals surface area contributed by atoms with E-state index in [1.807, 2.05) is 4.90 Å². The van der Waals surface area contributed by atoms with Gasteiger partial charge in [-0.3, -0.25) is 0 Å². The molecule has 1 aliphatic heterocycles. The van der Waals surface area contributed by atoms with Crippen molar-refractivity contribution >= 4 is 5.82 Å². The first-order valence-electron chi connectivity index (χ1n) is 6.37. The molecular formula is C14H11F4N3. The van der Waals surface area contributed by atoms with Crippen molar-refractivity contribution < 1.29 is 17.6 Å². The molecule has 0 N–H and O–H groups in total. The summed E-state index contributed by atoms with van der Waals surface area (Å²) >= 11 is 0. The Balaban J connectivity index is 1.81. The Hall–Kier alpha value is -2.18. The fraction of sp³-hybridized carbons (Fsp3) is 0.286. The molecule has 0 bridgehead atoms. The zero-order chi connectivity index (χ0) is 15.0. The van der Waals surface area contributed by atoms with E-state index in [9.17, 15) is 17.6 Å². The van der Waals surface area contributed by atoms with Gasteiger partial charge in [-0.1, -0.05) is 6.07 Å². The Kier molecular flexibility index (Phi) is 3.27. The van der Waals surface area contributed by atoms with Crippen LogP contribution in [0.15, 0.2) is 30.3 Å². The lowest BCUT2D eigenvalue weighted by Crippen LogP contribution is -2.31. The fourth-order valence-corrected chi connectivity index (χ4v) is 2.36. The summed E-state index contributed by atoms with van der Waals surface area (Å²) in [6, 6.07) is 6.78. The highest BCUT2D eigenvalue weighted by atomic mass is 19.4. The molecular weight excluding hydrogens is 286 g/mol. The van der Waals surface area contributed by atoms with Crippen molar-refractivity contribution in [2.75, 3.05) is 11.4 Å². The number of hydrogen-bond donors (Lipinski definition) is 0. The Morgan fingerprint density at radius 1 is 1.00 bits per heavy atom. The number of fused-ring (bicyclic) bond motifs is 1. The van der Waals surface area contributed by atoms with Crippen molar-refractivity contribution in [3.63, 3.8) is 0 Å². The summed E-state index contributed by atoms with van der Waals surface area (Å²) in [7, 11) is 0. The molecule has 110 valence electrons. The van der Waals surface area contributed by atoms with Crippen LogP contribution in [0.2, 0.25) is 0 Å². The minimum atomic E-state index is -4.49. The lowest BCUT2D eigenvalue weighted by atomic mass is 10.00. The van der Waals surface area contributed by atoms with E-state index >= 15 is 0 Å². The van der Waals surface area contributed by atoms with E-state index in [-0.39, 0.29) is 5.82 Å². The van der Waals surface area contributed by atoms with Gasteiger partial charge in [0, 0.05) is 13.1 Å². The van der Waals surface area contributed by atoms with Crippen LogP contribution in [0.4, 0.5) is 23.4 Å². The van der Waals surface area contributed by atoms with Gasteiger partial charge < -0.3 is 4.90 Å². The number of halogens is 4. The van der Waals surface area contributed by atoms with Crippen LogP contribution in [0.1, 0.15) is 16.8 Å². The summed E-state index contributed by atoms with van der Waals surface area (Å²) in [5.41, 5.74) is 0.862. The van der Waals surface area contributed by atoms with Gasteiger partial charge in [0.25, 0.3) is 0 Å². The number of anilines is 1. The van der Waals surface area contributed by atoms with Crippen LogP contribution in [-0.2, 0) is 19.1 Å². The maximum atomic E-state index is 13.1. The second-order valence-corrected chi connectivity index (χ2v) is 4.86. The predicted octanol–water partition coefficient (Wildman–Crippen LogP) is 3.20. The first-order chi connectivity index (χ1) is 9.93. The van der Waals surface area contributed by atoms with E-state index in [1.54, 1.807) is 6.07 Å². The maximum Gasteiger partial charge on any atom is 0.435 e. The summed E-state index contributed by atoms with van der Waals surface area (Å²) in [6.07, 6.45) is -3.87. The lowest BCUT2D eigenvalue weighted by molar-refractivity contribution is -0.141. The minimum Gasteiger partial charge on any atom is -0.350 e. The number of alkyl halides is 3. The molecule has 0 saturated heterocycles. The van der Waals surface area contributed by atoms with Crippen LogP contribution >= 0.6 is 0 Å². The molecule has 0 aliphatic carbocycles. The molecule has 3 nitrogen and oxygen atoms in total. The third-order valence-corrected chi connectivity index (χ3v) is 3.45. The third kappa shape index (κ3) is 2.81. The Morgan fingerprint density at radius 3 is 2.48 bits per heavy atom. The summed E-state index contributed by atoms with van der Waals surface area (Å²) in [6.45, 7) is 1.05. The van der Waals surface area contributed by atoms with Gasteiger partial charge in [0.15, 0.2) is 11.5 Å². The number of rotatable bonds is 1. The van der Waals surface area contributed by atoms with E-state index < -0.39 is 11.9 Å². The average Bonchev–Trinajstić information content (AvgIpc) is 2.46. The summed E-state index contributed by atoms with van der Waals surface area (Å²) < 4.78 is 50.5. The number of nitrogens with zero attached hydrogens (tertiary/aromatic N) is 3. The summed E-state index contributed by atoms with van der Waals surface area (Å²) in [5.74, 6) is 0.106. The first kappa shape index (κ1) is 13.8. The second kappa shape index (κ2) is 4.98. The fourth-order valence-electron chi connectivity index (χ4n) is 2.36. The average molecular weight is 297 g/mol. The largest absolute Gasteiger partial charge is 0.435 e. The first-order valence-corrected chi connectivity index (χ1v) is 6.37. The van der Waals surface area contributed by atoms with Gasteiger partial charge in [-0.2, -0.15) is 13.2 Å². The van der Waals surface area contributed by atoms with Crippen LogP contribution in [0.5, 0.6) is 0 Å². The molecule has 0 fully saturated rings. The molecule has 3 rings (SSSR count). The highest BCUT2D eigenvalue weighted by Crippen LogP contribution is 2.28. The van der Waals surface area contributed by atoms with Crippen LogP contribution < -0.4 is 4.90 Å². The topological polar surface area (TPSA) is 29.0 Å². The molecule has 0 saturated carbocycles. The zero-order valence-corrected chi connectivity index (χ0v) is 10.9. The molecule has 21 heavy (non-hydrogen) atoms. The van der Waals surface area contributed by atoms with Gasteiger partial charge in [0.05, 0.1) is 0 Å². The van der Waals surface area contributed by atoms with Crippen molar-refractivity contribution in [1.29, 1.82) is 0 Å². The Bertz CT molecular complexity index is 652. The Morgan fingerprint density at radius 2 is 1.81 bits per heavy atom. The second-order valence-electron chi connectivity index (χ2n) is 4.86. The Labute approximate surface area is 118 Å². The normalized spacial score (nSPS) is 15.0. The molecule has 2 heterocycles. The molecule has 2 aromatic rings. The molecule has 7 heteroatoms. The summed E-state index contributed by atoms with van der Waals surface area (Å²) in [4.78, 5) is 1.83. The standard InChI is InChI=1S/C14H11F4N3/c15-11-2-1-10-8-21(6-5-9(10)7-11)13-4-3-12(19-20-13)14(16,17)18/h1-4,7H,5-6,8H2. The summed E-state index contributed by atoms with van der Waals surface area (Å²) in [5, 5.41) is 6.86. The molecule has 1 aromatic carbocycles. The van der Waals surface area contributed by atoms with Crippen molar-refractivity contribution in [1.82, 2.24) is 10.2 Å². The van der Waals surface area contributed by atoms with Crippen LogP contribution in [0.3, 0.4) is 0 Å². The van der Waals surface area contributed by atoms with Crippen molar-refractivity contribution in [3.05, 3.63) is 53.0 Å². The van der Waals surface area contributed by atoms with Crippen LogP contribution in [-0.4, -0.2) is 16.7 Å². The monoisotopic (exact) mass is 297 g/mol. The third-order valence-electron chi connectivity index (χ3n) is 3.45. The minimum absolute atomic E-state index is 0.281. The van der Waals surface area contributed by atoms with Gasteiger partial charge in [0.2, 0.25) is 0 Å². The van der Waals surface area contributed by atoms with Gasteiger partial charge in [0.1, 0.15) is 5.82 Å². The van der Waals surface area contributed by atoms with Gasteiger partial charge >= 0.3 is 6.18 Å². The lowest BCUT2D eigenvalue weighted by Gasteiger charge is -2.29. The van der Waals surface area contributed by atoms with Crippen molar-refractivity contribution in [2.45, 2.75) is 19.1 Å². The smallest absolute Gasteiger partial charge is 0.350 e. The quantitative estimate of drug-likeness (QED) is 0.757. The SMILES string of the molecule is Fc1ccc2c(c1)CCN(c1ccc(C(F)(F)F)nn1)C2. The predicted molar refractivity (Wildman–Crippen MR) is 68.2 cm³/mol. The maximum absolute atomic E-state index is 13.1. The molecule has 0 spiro atoms. The van der Waals surface area contributed by atoms with E-state index in [4.69, 9.17) is 0 Å². The molecule has 1 aliphatic rings. The number of aromatic nitrogens is 2. The molecule has 0 radical (unpaired) electrons. The number of benzene rings is 1. The highest BCUT2D eigenvalue weighted by Gasteiger charge is 2.33. The highest BCUT2D eigenvalue weighted by molar-refractivity contribution is 5.43. The molecule has 0 amide bonds. The van der Waals surface area contributed by atoms with E-state index in [0.29, 0.717) is 25.3 Å². The van der Waals surface area contributed by atoms with Crippen molar-refractivity contribution in [3.8, 4) is 0 Å². The van der Waals surface area contributed by atoms with Gasteiger partial charge in [-0.05, 0) is 41.8 Å². The van der Waals surface area contributed by atoms with Gasteiger partial charge in [-0.25, -0.2) is 4.39 Å². The van der Waals surface area contributed by atoms with Crippen LogP contribution in [0, 0.1) is 5.82 Å². The zero-order valence-electron chi connectivity index (χ0n) is 10.9. The van der Waals surface area contributed by atoms with E-state index in [2.05, 4.69) is 10.2 Å². The molecule has 0 unspecified atom stereocenters. The van der Waals surface area contributed by atoms with Crippen LogP contribution in [0.25, 0.3) is 0 Å². The molecule has 1 aromatic heterocycles. The van der Waals surface area contributed by atoms with Crippen molar-refractivity contribution in [2.24, 2.45) is 0 Å².